The van der Waals surface area contributed by atoms with E-state index in [1.165, 1.54) is 12.1 Å². The fourth-order valence-corrected chi connectivity index (χ4v) is 5.91. The van der Waals surface area contributed by atoms with E-state index in [0.29, 0.717) is 21.8 Å². The van der Waals surface area contributed by atoms with Crippen molar-refractivity contribution in [2.45, 2.75) is 31.3 Å². The molecule has 0 aliphatic carbocycles. The Kier molecular flexibility index (Phi) is 5.54. The lowest BCUT2D eigenvalue weighted by Crippen LogP contribution is -2.53. The molecule has 4 atom stereocenters. The number of nitrogens with zero attached hydrogens (tertiary/aromatic N) is 2. The maximum atomic E-state index is 13.9. The third-order valence-corrected chi connectivity index (χ3v) is 7.90. The van der Waals surface area contributed by atoms with Gasteiger partial charge in [0.2, 0.25) is 23.6 Å². The number of carbonyl (C=O) groups excluding carboxylic acids is 4. The topological polar surface area (TPSA) is 165 Å². The maximum Gasteiger partial charge on any atom is 0.289 e. The average molecular weight is 532 g/mol. The number of nitro benzene ring substituents is 1. The first-order valence-electron chi connectivity index (χ1n) is 11.0. The van der Waals surface area contributed by atoms with E-state index in [9.17, 15) is 29.3 Å². The van der Waals surface area contributed by atoms with Crippen LogP contribution in [0, 0.1) is 28.9 Å². The molecule has 2 aromatic rings. The summed E-state index contributed by atoms with van der Waals surface area (Å²) in [5, 5.41) is 17.6. The number of rotatable bonds is 5. The highest BCUT2D eigenvalue weighted by Crippen LogP contribution is 2.55. The minimum atomic E-state index is -1.61. The second-order valence-electron chi connectivity index (χ2n) is 9.02. The summed E-state index contributed by atoms with van der Waals surface area (Å²) in [7, 11) is 0. The number of nitrogens with two attached hydrogens (primary N) is 1. The summed E-state index contributed by atoms with van der Waals surface area (Å²) in [6.45, 7) is 1.72. The predicted molar refractivity (Wildman–Crippen MR) is 129 cm³/mol. The van der Waals surface area contributed by atoms with Gasteiger partial charge in [0, 0.05) is 29.1 Å². The molecule has 0 aromatic heterocycles. The Morgan fingerprint density at radius 3 is 2.53 bits per heavy atom. The van der Waals surface area contributed by atoms with E-state index in [1.54, 1.807) is 19.1 Å². The smallest absolute Gasteiger partial charge is 0.289 e. The zero-order valence-corrected chi connectivity index (χ0v) is 20.2. The van der Waals surface area contributed by atoms with Gasteiger partial charge in [-0.3, -0.25) is 34.6 Å². The van der Waals surface area contributed by atoms with Crippen molar-refractivity contribution in [3.8, 4) is 0 Å². The van der Waals surface area contributed by atoms with Crippen LogP contribution in [0.3, 0.4) is 0 Å². The van der Waals surface area contributed by atoms with E-state index in [-0.39, 0.29) is 23.6 Å². The van der Waals surface area contributed by atoms with Gasteiger partial charge in [0.05, 0.1) is 28.1 Å². The van der Waals surface area contributed by atoms with Crippen LogP contribution < -0.4 is 21.3 Å². The van der Waals surface area contributed by atoms with E-state index in [2.05, 4.69) is 10.6 Å². The summed E-state index contributed by atoms with van der Waals surface area (Å²) in [5.74, 6) is -4.70. The molecule has 0 bridgehead atoms. The van der Waals surface area contributed by atoms with E-state index in [0.717, 1.165) is 11.0 Å². The molecule has 2 aromatic carbocycles. The normalized spacial score (nSPS) is 26.4. The monoisotopic (exact) mass is 531 g/mol. The van der Waals surface area contributed by atoms with Crippen LogP contribution in [0.4, 0.5) is 17.1 Å². The van der Waals surface area contributed by atoms with Crippen LogP contribution in [0.5, 0.6) is 0 Å². The van der Waals surface area contributed by atoms with Gasteiger partial charge in [-0.15, -0.1) is 0 Å². The summed E-state index contributed by atoms with van der Waals surface area (Å²) in [6.07, 6.45) is 0.0139. The van der Waals surface area contributed by atoms with Gasteiger partial charge in [0.15, 0.2) is 0 Å². The summed E-state index contributed by atoms with van der Waals surface area (Å²) in [4.78, 5) is 64.2. The van der Waals surface area contributed by atoms with Crippen molar-refractivity contribution >= 4 is 63.9 Å². The number of nitrogens with one attached hydrogen (secondary N) is 2. The molecule has 36 heavy (non-hydrogen) atoms. The lowest BCUT2D eigenvalue weighted by molar-refractivity contribution is -0.384. The number of carbonyl (C=O) groups is 4. The lowest BCUT2D eigenvalue weighted by Gasteiger charge is -2.29. The number of benzene rings is 2. The highest BCUT2D eigenvalue weighted by Gasteiger charge is 2.70. The molecule has 4 amide bonds. The Hall–Kier alpha value is -3.54. The highest BCUT2D eigenvalue weighted by atomic mass is 35.5. The Morgan fingerprint density at radius 2 is 1.86 bits per heavy atom. The molecule has 3 aliphatic heterocycles. The van der Waals surface area contributed by atoms with Gasteiger partial charge in [-0.05, 0) is 37.1 Å². The van der Waals surface area contributed by atoms with E-state index < -0.39 is 57.7 Å². The minimum Gasteiger partial charge on any atom is -0.370 e. The summed E-state index contributed by atoms with van der Waals surface area (Å²) >= 11 is 12.2. The number of nitro groups is 1. The summed E-state index contributed by atoms with van der Waals surface area (Å²) < 4.78 is 0. The SMILES string of the molecule is Cc1c(Cl)ccc2c1NC(=O)C21NC(CCC(N)=O)[C@H]2C(=O)N(c3ccc(Cl)c([N+](=O)[O-])c3)C(=O)[C@H]21. The molecule has 0 radical (unpaired) electrons. The third-order valence-electron chi connectivity index (χ3n) is 7.17. The Labute approximate surface area is 214 Å². The van der Waals surface area contributed by atoms with Crippen LogP contribution in [0.1, 0.15) is 24.0 Å². The van der Waals surface area contributed by atoms with Gasteiger partial charge in [-0.25, -0.2) is 4.90 Å². The zero-order valence-electron chi connectivity index (χ0n) is 18.7. The molecule has 2 saturated heterocycles. The molecule has 5 rings (SSSR count). The number of imide groups is 1. The first-order valence-corrected chi connectivity index (χ1v) is 11.7. The van der Waals surface area contributed by atoms with Crippen LogP contribution >= 0.6 is 23.2 Å². The van der Waals surface area contributed by atoms with Crippen molar-refractivity contribution < 1.29 is 24.1 Å². The van der Waals surface area contributed by atoms with Gasteiger partial charge in [-0.2, -0.15) is 0 Å². The van der Waals surface area contributed by atoms with Crippen LogP contribution in [-0.2, 0) is 24.7 Å². The van der Waals surface area contributed by atoms with Crippen molar-refractivity contribution in [1.82, 2.24) is 5.32 Å². The average Bonchev–Trinajstić information content (AvgIpc) is 3.40. The predicted octanol–water partition coefficient (Wildman–Crippen LogP) is 2.40. The van der Waals surface area contributed by atoms with Gasteiger partial charge in [-0.1, -0.05) is 29.3 Å². The molecule has 0 saturated carbocycles. The molecule has 4 N–H and O–H groups in total. The standard InChI is InChI=1S/C23H19Cl2N5O6/c1-9-12(24)5-3-11-19(9)27-22(34)23(11)18-17(14(28-23)6-7-16(26)31)20(32)29(21(18)33)10-2-4-13(25)15(8-10)30(35)36/h2-5,8,14,17-18,28H,6-7H2,1H3,(H2,26,31)(H,27,34)/t14?,17-,18+,23?/m1/s1. The lowest BCUT2D eigenvalue weighted by atomic mass is 9.76. The molecule has 186 valence electrons. The fraction of sp³-hybridized carbons (Fsp3) is 0.304. The van der Waals surface area contributed by atoms with Gasteiger partial charge in [0.25, 0.3) is 5.69 Å². The van der Waals surface area contributed by atoms with Crippen molar-refractivity contribution in [1.29, 1.82) is 0 Å². The van der Waals surface area contributed by atoms with E-state index in [4.69, 9.17) is 28.9 Å². The molecule has 3 aliphatic rings. The molecule has 2 fully saturated rings. The number of halogens is 2. The Bertz CT molecular complexity index is 1400. The van der Waals surface area contributed by atoms with Crippen molar-refractivity contribution in [2.75, 3.05) is 10.2 Å². The number of amides is 4. The fourth-order valence-electron chi connectivity index (χ4n) is 5.57. The van der Waals surface area contributed by atoms with Crippen LogP contribution in [0.15, 0.2) is 30.3 Å². The number of anilines is 2. The number of hydrogen-bond donors (Lipinski definition) is 3. The largest absolute Gasteiger partial charge is 0.370 e. The first kappa shape index (κ1) is 24.2. The number of fused-ring (bicyclic) bond motifs is 4. The van der Waals surface area contributed by atoms with Crippen LogP contribution in [-0.4, -0.2) is 34.6 Å². The molecular formula is C23H19Cl2N5O6. The quantitative estimate of drug-likeness (QED) is 0.302. The van der Waals surface area contributed by atoms with Gasteiger partial charge >= 0.3 is 0 Å². The molecule has 2 unspecified atom stereocenters. The second-order valence-corrected chi connectivity index (χ2v) is 9.84. The van der Waals surface area contributed by atoms with Crippen LogP contribution in [0.2, 0.25) is 10.0 Å². The molecule has 1 spiro atoms. The van der Waals surface area contributed by atoms with Crippen molar-refractivity contribution in [3.05, 3.63) is 61.6 Å². The third kappa shape index (κ3) is 3.23. The first-order chi connectivity index (χ1) is 17.0. The van der Waals surface area contributed by atoms with Crippen molar-refractivity contribution in [3.63, 3.8) is 0 Å². The van der Waals surface area contributed by atoms with Crippen LogP contribution in [0.25, 0.3) is 0 Å². The van der Waals surface area contributed by atoms with E-state index in [1.807, 2.05) is 0 Å². The zero-order chi connectivity index (χ0) is 26.1. The number of hydrogen-bond acceptors (Lipinski definition) is 7. The second kappa shape index (κ2) is 8.26. The number of primary amides is 1. The Morgan fingerprint density at radius 1 is 1.17 bits per heavy atom. The summed E-state index contributed by atoms with van der Waals surface area (Å²) in [6, 6.07) is 6.08. The maximum absolute atomic E-state index is 13.9. The van der Waals surface area contributed by atoms with Gasteiger partial charge < -0.3 is 11.1 Å². The molecule has 3 heterocycles. The Balaban J connectivity index is 1.67. The van der Waals surface area contributed by atoms with E-state index >= 15 is 0 Å². The highest BCUT2D eigenvalue weighted by molar-refractivity contribution is 6.33. The molecular weight excluding hydrogens is 513 g/mol. The minimum absolute atomic E-state index is 0.0368. The molecule has 13 heteroatoms. The molecule has 11 nitrogen and oxygen atoms in total. The summed E-state index contributed by atoms with van der Waals surface area (Å²) in [5.41, 5.74) is 4.70. The van der Waals surface area contributed by atoms with Gasteiger partial charge in [0.1, 0.15) is 10.6 Å². The van der Waals surface area contributed by atoms with Crippen molar-refractivity contribution in [2.24, 2.45) is 17.6 Å².